The molecule has 0 unspecified atom stereocenters. The highest BCUT2D eigenvalue weighted by molar-refractivity contribution is 7.89. The maximum Gasteiger partial charge on any atom is 0.338 e. The minimum atomic E-state index is -3.76. The molecule has 27 heavy (non-hydrogen) atoms. The zero-order valence-corrected chi connectivity index (χ0v) is 17.1. The lowest BCUT2D eigenvalue weighted by Crippen LogP contribution is -2.30. The molecule has 0 atom stereocenters. The van der Waals surface area contributed by atoms with Gasteiger partial charge in [0.25, 0.3) is 5.91 Å². The summed E-state index contributed by atoms with van der Waals surface area (Å²) in [6.07, 6.45) is 2.42. The van der Waals surface area contributed by atoms with Gasteiger partial charge in [0, 0.05) is 19.6 Å². The summed E-state index contributed by atoms with van der Waals surface area (Å²) in [4.78, 5) is 23.8. The first-order valence-corrected chi connectivity index (χ1v) is 10.8. The fourth-order valence-corrected chi connectivity index (χ4v) is 4.68. The molecule has 1 aliphatic heterocycles. The van der Waals surface area contributed by atoms with E-state index in [0.29, 0.717) is 25.6 Å². The molecule has 1 fully saturated rings. The van der Waals surface area contributed by atoms with E-state index < -0.39 is 28.5 Å². The van der Waals surface area contributed by atoms with E-state index in [1.54, 1.807) is 0 Å². The van der Waals surface area contributed by atoms with Gasteiger partial charge in [-0.1, -0.05) is 25.4 Å². The molecule has 9 heteroatoms. The number of esters is 1. The lowest BCUT2D eigenvalue weighted by Gasteiger charge is -2.17. The van der Waals surface area contributed by atoms with Gasteiger partial charge >= 0.3 is 5.97 Å². The Bertz CT molecular complexity index is 789. The van der Waals surface area contributed by atoms with Crippen molar-refractivity contribution in [3.63, 3.8) is 0 Å². The summed E-state index contributed by atoms with van der Waals surface area (Å²) in [7, 11) is -3.76. The molecule has 0 bridgehead atoms. The predicted octanol–water partition coefficient (Wildman–Crippen LogP) is 2.44. The summed E-state index contributed by atoms with van der Waals surface area (Å²) < 4.78 is 31.7. The second kappa shape index (κ2) is 9.52. The van der Waals surface area contributed by atoms with Crippen molar-refractivity contribution < 1.29 is 22.7 Å². The SMILES string of the molecule is CC(C)CCNC(=O)COC(=O)c1ccc(Cl)c(S(=O)(=O)N2CCCC2)c1. The molecule has 1 amide bonds. The summed E-state index contributed by atoms with van der Waals surface area (Å²) in [5.41, 5.74) is 0.0344. The van der Waals surface area contributed by atoms with Gasteiger partial charge in [0.05, 0.1) is 10.6 Å². The van der Waals surface area contributed by atoms with E-state index in [-0.39, 0.29) is 15.5 Å². The molecule has 0 radical (unpaired) electrons. The van der Waals surface area contributed by atoms with E-state index in [2.05, 4.69) is 5.32 Å². The third-order valence-corrected chi connectivity index (χ3v) is 6.61. The number of carbonyl (C=O) groups is 2. The minimum absolute atomic E-state index is 0.0344. The number of halogens is 1. The van der Waals surface area contributed by atoms with Crippen LogP contribution in [0, 0.1) is 5.92 Å². The van der Waals surface area contributed by atoms with Crippen molar-refractivity contribution >= 4 is 33.5 Å². The second-order valence-corrected chi connectivity index (χ2v) is 9.18. The molecule has 0 spiro atoms. The minimum Gasteiger partial charge on any atom is -0.452 e. The zero-order chi connectivity index (χ0) is 20.0. The van der Waals surface area contributed by atoms with Crippen molar-refractivity contribution in [2.24, 2.45) is 5.92 Å². The molecule has 1 aliphatic rings. The lowest BCUT2D eigenvalue weighted by molar-refractivity contribution is -0.124. The smallest absolute Gasteiger partial charge is 0.338 e. The average Bonchev–Trinajstić information content (AvgIpc) is 3.15. The Balaban J connectivity index is 2.02. The Morgan fingerprint density at radius 3 is 2.56 bits per heavy atom. The van der Waals surface area contributed by atoms with Crippen LogP contribution in [0.1, 0.15) is 43.5 Å². The third-order valence-electron chi connectivity index (χ3n) is 4.23. The molecular weight excluding hydrogens is 392 g/mol. The quantitative estimate of drug-likeness (QED) is 0.657. The lowest BCUT2D eigenvalue weighted by atomic mass is 10.1. The normalized spacial score (nSPS) is 15.1. The van der Waals surface area contributed by atoms with Crippen molar-refractivity contribution in [1.29, 1.82) is 0 Å². The van der Waals surface area contributed by atoms with E-state index in [0.717, 1.165) is 19.3 Å². The van der Waals surface area contributed by atoms with Gasteiger partial charge in [-0.15, -0.1) is 0 Å². The van der Waals surface area contributed by atoms with Crippen molar-refractivity contribution in [3.8, 4) is 0 Å². The fraction of sp³-hybridized carbons (Fsp3) is 0.556. The number of sulfonamides is 1. The molecule has 150 valence electrons. The standard InChI is InChI=1S/C18H25ClN2O5S/c1-13(2)7-8-20-17(22)12-26-18(23)14-5-6-15(19)16(11-14)27(24,25)21-9-3-4-10-21/h5-6,11,13H,3-4,7-10,12H2,1-2H3,(H,20,22). The predicted molar refractivity (Wildman–Crippen MR) is 102 cm³/mol. The Morgan fingerprint density at radius 2 is 1.93 bits per heavy atom. The van der Waals surface area contributed by atoms with E-state index in [1.807, 2.05) is 13.8 Å². The number of nitrogens with one attached hydrogen (secondary N) is 1. The molecule has 1 saturated heterocycles. The molecule has 0 saturated carbocycles. The maximum atomic E-state index is 12.7. The van der Waals surface area contributed by atoms with Gasteiger partial charge in [-0.3, -0.25) is 4.79 Å². The Labute approximate surface area is 165 Å². The number of amides is 1. The first-order chi connectivity index (χ1) is 12.7. The molecule has 1 N–H and O–H groups in total. The van der Waals surface area contributed by atoms with Gasteiger partial charge in [-0.2, -0.15) is 4.31 Å². The van der Waals surface area contributed by atoms with E-state index in [4.69, 9.17) is 16.3 Å². The van der Waals surface area contributed by atoms with Crippen LogP contribution in [0.25, 0.3) is 0 Å². The van der Waals surface area contributed by atoms with Crippen molar-refractivity contribution in [3.05, 3.63) is 28.8 Å². The molecule has 0 aliphatic carbocycles. The van der Waals surface area contributed by atoms with E-state index in [9.17, 15) is 18.0 Å². The number of carbonyl (C=O) groups excluding carboxylic acids is 2. The molecule has 0 aromatic heterocycles. The van der Waals surface area contributed by atoms with Crippen molar-refractivity contribution in [2.75, 3.05) is 26.2 Å². The van der Waals surface area contributed by atoms with Gasteiger partial charge in [-0.05, 0) is 43.4 Å². The molecule has 1 aromatic rings. The number of ether oxygens (including phenoxy) is 1. The van der Waals surface area contributed by atoms with Crippen LogP contribution in [0.4, 0.5) is 0 Å². The number of rotatable bonds is 8. The molecular formula is C18H25ClN2O5S. The first-order valence-electron chi connectivity index (χ1n) is 8.95. The van der Waals surface area contributed by atoms with Gasteiger partial charge in [0.1, 0.15) is 4.90 Å². The highest BCUT2D eigenvalue weighted by Gasteiger charge is 2.30. The zero-order valence-electron chi connectivity index (χ0n) is 15.5. The summed E-state index contributed by atoms with van der Waals surface area (Å²) in [5.74, 6) is -0.718. The highest BCUT2D eigenvalue weighted by atomic mass is 35.5. The topological polar surface area (TPSA) is 92.8 Å². The molecule has 1 heterocycles. The Kier molecular flexibility index (Phi) is 7.64. The summed E-state index contributed by atoms with van der Waals surface area (Å²) in [5, 5.41) is 2.71. The van der Waals surface area contributed by atoms with Crippen LogP contribution in [-0.2, 0) is 19.6 Å². The van der Waals surface area contributed by atoms with Crippen LogP contribution in [0.3, 0.4) is 0 Å². The van der Waals surface area contributed by atoms with E-state index in [1.165, 1.54) is 22.5 Å². The first kappa shape index (κ1) is 21.7. The van der Waals surface area contributed by atoms with Crippen LogP contribution in [0.5, 0.6) is 0 Å². The summed E-state index contributed by atoms with van der Waals surface area (Å²) >= 11 is 6.05. The Morgan fingerprint density at radius 1 is 1.26 bits per heavy atom. The fourth-order valence-electron chi connectivity index (χ4n) is 2.66. The van der Waals surface area contributed by atoms with Crippen molar-refractivity contribution in [1.82, 2.24) is 9.62 Å². The number of hydrogen-bond acceptors (Lipinski definition) is 5. The summed E-state index contributed by atoms with van der Waals surface area (Å²) in [6.45, 7) is 5.04. The number of nitrogens with zero attached hydrogens (tertiary/aromatic N) is 1. The number of benzene rings is 1. The monoisotopic (exact) mass is 416 g/mol. The number of hydrogen-bond donors (Lipinski definition) is 1. The third kappa shape index (κ3) is 5.92. The maximum absolute atomic E-state index is 12.7. The van der Waals surface area contributed by atoms with Gasteiger partial charge in [-0.25, -0.2) is 13.2 Å². The molecule has 2 rings (SSSR count). The molecule has 1 aromatic carbocycles. The van der Waals surface area contributed by atoms with Crippen LogP contribution in [-0.4, -0.2) is 50.8 Å². The van der Waals surface area contributed by atoms with Crippen LogP contribution < -0.4 is 5.32 Å². The van der Waals surface area contributed by atoms with Gasteiger partial charge in [0.15, 0.2) is 6.61 Å². The van der Waals surface area contributed by atoms with Crippen molar-refractivity contribution in [2.45, 2.75) is 38.0 Å². The van der Waals surface area contributed by atoms with Crippen LogP contribution in [0.2, 0.25) is 5.02 Å². The van der Waals surface area contributed by atoms with Gasteiger partial charge < -0.3 is 10.1 Å². The highest BCUT2D eigenvalue weighted by Crippen LogP contribution is 2.28. The second-order valence-electron chi connectivity index (χ2n) is 6.87. The van der Waals surface area contributed by atoms with Crippen LogP contribution in [0.15, 0.2) is 23.1 Å². The van der Waals surface area contributed by atoms with Gasteiger partial charge in [0.2, 0.25) is 10.0 Å². The molecule has 7 nitrogen and oxygen atoms in total. The largest absolute Gasteiger partial charge is 0.452 e. The average molecular weight is 417 g/mol. The summed E-state index contributed by atoms with van der Waals surface area (Å²) in [6, 6.07) is 3.93. The Hall–Kier alpha value is -1.64. The van der Waals surface area contributed by atoms with E-state index >= 15 is 0 Å². The van der Waals surface area contributed by atoms with Crippen LogP contribution >= 0.6 is 11.6 Å².